The molecule has 0 bridgehead atoms. The Kier molecular flexibility index (Phi) is 50.4. The monoisotopic (exact) mass is 824 g/mol. The lowest BCUT2D eigenvalue weighted by Crippen LogP contribution is -2.16. The van der Waals surface area contributed by atoms with Gasteiger partial charge in [-0.15, -0.1) is 0 Å². The first kappa shape index (κ1) is 54.2. The summed E-state index contributed by atoms with van der Waals surface area (Å²) < 4.78 is 91.6. The molecule has 0 aromatic rings. The summed E-state index contributed by atoms with van der Waals surface area (Å²) in [5.74, 6) is 0.127. The predicted molar refractivity (Wildman–Crippen MR) is 204 cm³/mol. The second kappa shape index (κ2) is 51.2. The second-order valence-electron chi connectivity index (χ2n) is 10.8. The fourth-order valence-corrected chi connectivity index (χ4v) is 4.02. The zero-order chi connectivity index (χ0) is 39.6. The Morgan fingerprint density at radius 3 is 0.618 bits per heavy atom. The average molecular weight is 825 g/mol. The zero-order valence-corrected chi connectivity index (χ0v) is 34.4. The first-order valence-corrected chi connectivity index (χ1v) is 20.5. The molecule has 0 saturated carbocycles. The molecule has 0 rings (SSSR count). The highest BCUT2D eigenvalue weighted by atomic mass is 32.2. The maximum absolute atomic E-state index is 11.2. The summed E-state index contributed by atoms with van der Waals surface area (Å²) in [7, 11) is 1.64. The summed E-state index contributed by atoms with van der Waals surface area (Å²) in [6.45, 7) is 15.7. The average Bonchev–Trinajstić information content (AvgIpc) is 3.19. The summed E-state index contributed by atoms with van der Waals surface area (Å²) in [6.07, 6.45) is 1.85. The van der Waals surface area contributed by atoms with Gasteiger partial charge in [0, 0.05) is 7.11 Å². The minimum atomic E-state index is -0.228. The van der Waals surface area contributed by atoms with Gasteiger partial charge in [-0.05, 0) is 6.26 Å². The third kappa shape index (κ3) is 51.2. The highest BCUT2D eigenvalue weighted by Crippen LogP contribution is 1.93. The van der Waals surface area contributed by atoms with Gasteiger partial charge in [0.15, 0.2) is 0 Å². The highest BCUT2D eigenvalue weighted by Gasteiger charge is 2.01. The van der Waals surface area contributed by atoms with Crippen molar-refractivity contribution in [2.75, 3.05) is 231 Å². The molecule has 0 atom stereocenters. The van der Waals surface area contributed by atoms with Gasteiger partial charge in [0.1, 0.15) is 6.61 Å². The zero-order valence-electron chi connectivity index (χ0n) is 33.6. The summed E-state index contributed by atoms with van der Waals surface area (Å²) >= 11 is 1.43. The summed E-state index contributed by atoms with van der Waals surface area (Å²) in [5, 5.41) is 0. The van der Waals surface area contributed by atoms with Gasteiger partial charge in [-0.2, -0.15) is 11.8 Å². The SMILES string of the molecule is COCCOCCOCCOCCOCCOCCOCCOCCOCCOCCOCCOCCOCCOCCOCCOCCOC(=O)CSC. The van der Waals surface area contributed by atoms with Gasteiger partial charge in [-0.3, -0.25) is 4.79 Å². The van der Waals surface area contributed by atoms with Gasteiger partial charge in [0.2, 0.25) is 0 Å². The number of hydrogen-bond acceptors (Lipinski definition) is 19. The van der Waals surface area contributed by atoms with Crippen molar-refractivity contribution >= 4 is 17.7 Å². The molecule has 0 N–H and O–H groups in total. The van der Waals surface area contributed by atoms with Crippen molar-refractivity contribution in [3.63, 3.8) is 0 Å². The van der Waals surface area contributed by atoms with Crippen LogP contribution >= 0.6 is 11.8 Å². The highest BCUT2D eigenvalue weighted by molar-refractivity contribution is 7.99. The van der Waals surface area contributed by atoms with Crippen molar-refractivity contribution in [1.29, 1.82) is 0 Å². The van der Waals surface area contributed by atoms with E-state index < -0.39 is 0 Å². The van der Waals surface area contributed by atoms with Crippen molar-refractivity contribution in [2.45, 2.75) is 0 Å². The molecule has 0 fully saturated rings. The van der Waals surface area contributed by atoms with Crippen LogP contribution in [0.3, 0.4) is 0 Å². The number of ether oxygens (including phenoxy) is 17. The molecule has 0 aliphatic carbocycles. The Hall–Kier alpha value is -0.820. The Balaban J connectivity index is 3.06. The van der Waals surface area contributed by atoms with Crippen molar-refractivity contribution in [3.8, 4) is 0 Å². The van der Waals surface area contributed by atoms with Crippen LogP contribution in [0.25, 0.3) is 0 Å². The molecule has 0 unspecified atom stereocenters. The first-order chi connectivity index (χ1) is 27.3. The Morgan fingerprint density at radius 2 is 0.455 bits per heavy atom. The summed E-state index contributed by atoms with van der Waals surface area (Å²) in [5.41, 5.74) is 0. The van der Waals surface area contributed by atoms with Crippen LogP contribution in [-0.4, -0.2) is 237 Å². The Bertz CT molecular complexity index is 718. The molecule has 0 aliphatic rings. The minimum Gasteiger partial charge on any atom is -0.463 e. The summed E-state index contributed by atoms with van der Waals surface area (Å²) in [4.78, 5) is 11.2. The van der Waals surface area contributed by atoms with Crippen molar-refractivity contribution in [1.82, 2.24) is 0 Å². The van der Waals surface area contributed by atoms with Crippen LogP contribution in [-0.2, 0) is 85.3 Å². The summed E-state index contributed by atoms with van der Waals surface area (Å²) in [6, 6.07) is 0. The lowest BCUT2D eigenvalue weighted by Gasteiger charge is -2.09. The van der Waals surface area contributed by atoms with E-state index in [0.29, 0.717) is 211 Å². The van der Waals surface area contributed by atoms with E-state index in [1.807, 2.05) is 6.26 Å². The Labute approximate surface area is 333 Å². The molecule has 0 spiro atoms. The van der Waals surface area contributed by atoms with Crippen LogP contribution in [0.4, 0.5) is 0 Å². The smallest absolute Gasteiger partial charge is 0.315 e. The van der Waals surface area contributed by atoms with Crippen LogP contribution in [0.15, 0.2) is 0 Å². The van der Waals surface area contributed by atoms with Crippen molar-refractivity contribution in [3.05, 3.63) is 0 Å². The third-order valence-electron chi connectivity index (χ3n) is 6.39. The van der Waals surface area contributed by atoms with Gasteiger partial charge in [0.25, 0.3) is 0 Å². The fourth-order valence-electron chi connectivity index (χ4n) is 3.70. The van der Waals surface area contributed by atoms with E-state index in [1.54, 1.807) is 7.11 Å². The van der Waals surface area contributed by atoms with E-state index in [0.717, 1.165) is 0 Å². The molecule has 0 aromatic carbocycles. The van der Waals surface area contributed by atoms with Gasteiger partial charge < -0.3 is 80.5 Å². The van der Waals surface area contributed by atoms with E-state index in [2.05, 4.69) is 0 Å². The molecule has 18 nitrogen and oxygen atoms in total. The quantitative estimate of drug-likeness (QED) is 0.0622. The number of thioether (sulfide) groups is 1. The normalized spacial score (nSPS) is 11.5. The van der Waals surface area contributed by atoms with E-state index in [-0.39, 0.29) is 12.6 Å². The van der Waals surface area contributed by atoms with Gasteiger partial charge in [0.05, 0.1) is 211 Å². The number of methoxy groups -OCH3 is 1. The number of rotatable bonds is 50. The molecule has 0 saturated heterocycles. The first-order valence-electron chi connectivity index (χ1n) is 19.1. The van der Waals surface area contributed by atoms with Crippen LogP contribution in [0.5, 0.6) is 0 Å². The van der Waals surface area contributed by atoms with Crippen LogP contribution < -0.4 is 0 Å². The van der Waals surface area contributed by atoms with Gasteiger partial charge in [-0.25, -0.2) is 0 Å². The lowest BCUT2D eigenvalue weighted by molar-refractivity contribution is -0.142. The molecule has 0 amide bonds. The van der Waals surface area contributed by atoms with E-state index in [1.165, 1.54) is 11.8 Å². The number of carbonyl (C=O) groups excluding carboxylic acids is 1. The fraction of sp³-hybridized carbons (Fsp3) is 0.972. The van der Waals surface area contributed by atoms with E-state index in [4.69, 9.17) is 80.5 Å². The number of esters is 1. The molecule has 0 heterocycles. The second-order valence-corrected chi connectivity index (χ2v) is 11.7. The van der Waals surface area contributed by atoms with Crippen LogP contribution in [0.1, 0.15) is 0 Å². The molecule has 0 radical (unpaired) electrons. The Morgan fingerprint density at radius 1 is 0.291 bits per heavy atom. The van der Waals surface area contributed by atoms with Gasteiger partial charge in [-0.1, -0.05) is 0 Å². The lowest BCUT2D eigenvalue weighted by atomic mass is 10.6. The molecular weight excluding hydrogens is 752 g/mol. The molecule has 0 aromatic heterocycles. The van der Waals surface area contributed by atoms with E-state index in [9.17, 15) is 4.79 Å². The van der Waals surface area contributed by atoms with Gasteiger partial charge >= 0.3 is 5.97 Å². The standard InChI is InChI=1S/C36H72O18S/c1-38-3-4-39-5-6-40-7-8-41-9-10-42-11-12-43-13-14-44-15-16-45-17-18-46-19-20-47-21-22-48-23-24-49-25-26-50-27-28-51-29-30-52-31-32-53-33-34-54-36(37)35-55-2/h3-35H2,1-2H3. The number of carbonyl (C=O) groups is 1. The molecule has 19 heteroatoms. The minimum absolute atomic E-state index is 0.228. The largest absolute Gasteiger partial charge is 0.463 e. The maximum Gasteiger partial charge on any atom is 0.315 e. The van der Waals surface area contributed by atoms with Crippen molar-refractivity contribution in [2.24, 2.45) is 0 Å². The maximum atomic E-state index is 11.2. The van der Waals surface area contributed by atoms with E-state index >= 15 is 0 Å². The molecule has 0 aliphatic heterocycles. The van der Waals surface area contributed by atoms with Crippen LogP contribution in [0, 0.1) is 0 Å². The number of hydrogen-bond donors (Lipinski definition) is 0. The van der Waals surface area contributed by atoms with Crippen LogP contribution in [0.2, 0.25) is 0 Å². The molecule has 55 heavy (non-hydrogen) atoms. The predicted octanol–water partition coefficient (Wildman–Crippen LogP) is 0.788. The molecular formula is C36H72O18S. The third-order valence-corrected chi connectivity index (χ3v) is 6.92. The topological polar surface area (TPSA) is 174 Å². The molecule has 330 valence electrons. The van der Waals surface area contributed by atoms with Crippen molar-refractivity contribution < 1.29 is 85.3 Å².